The summed E-state index contributed by atoms with van der Waals surface area (Å²) in [6.45, 7) is 1.62. The maximum absolute atomic E-state index is 13.0. The second-order valence-corrected chi connectivity index (χ2v) is 8.88. The summed E-state index contributed by atoms with van der Waals surface area (Å²) in [7, 11) is 0. The lowest BCUT2D eigenvalue weighted by molar-refractivity contribution is -0.150. The Bertz CT molecular complexity index is 1080. The van der Waals surface area contributed by atoms with Crippen molar-refractivity contribution in [2.75, 3.05) is 13.1 Å². The molecule has 0 unspecified atom stereocenters. The van der Waals surface area contributed by atoms with E-state index in [4.69, 9.17) is 4.74 Å². The molecule has 2 amide bonds. The average molecular weight is 434 g/mol. The van der Waals surface area contributed by atoms with Crippen molar-refractivity contribution in [3.05, 3.63) is 87.9 Å². The Morgan fingerprint density at radius 3 is 2.71 bits per heavy atom. The molecular formula is C24H23N3O3S. The SMILES string of the molecule is O=C(NCc1cccnc1)[C@@H]1OC2(CCN(C(=O)c3cccs3)CC2)c2ccccc21. The van der Waals surface area contributed by atoms with Crippen LogP contribution in [0.15, 0.2) is 66.3 Å². The third kappa shape index (κ3) is 3.75. The first kappa shape index (κ1) is 19.9. The Morgan fingerprint density at radius 1 is 1.13 bits per heavy atom. The van der Waals surface area contributed by atoms with E-state index in [0.29, 0.717) is 32.5 Å². The lowest BCUT2D eigenvalue weighted by Gasteiger charge is -2.39. The van der Waals surface area contributed by atoms with Crippen LogP contribution in [-0.4, -0.2) is 34.8 Å². The molecule has 4 heterocycles. The second-order valence-electron chi connectivity index (χ2n) is 7.93. The normalized spacial score (nSPS) is 19.2. The smallest absolute Gasteiger partial charge is 0.263 e. The molecule has 0 radical (unpaired) electrons. The van der Waals surface area contributed by atoms with Gasteiger partial charge < -0.3 is 15.0 Å². The van der Waals surface area contributed by atoms with Crippen molar-refractivity contribution in [2.45, 2.75) is 31.1 Å². The van der Waals surface area contributed by atoms with Crippen molar-refractivity contribution in [3.8, 4) is 0 Å². The van der Waals surface area contributed by atoms with Gasteiger partial charge in [-0.15, -0.1) is 11.3 Å². The molecule has 2 aromatic heterocycles. The summed E-state index contributed by atoms with van der Waals surface area (Å²) in [5, 5.41) is 4.90. The van der Waals surface area contributed by atoms with Crippen LogP contribution in [0.3, 0.4) is 0 Å². The van der Waals surface area contributed by atoms with Gasteiger partial charge >= 0.3 is 0 Å². The van der Waals surface area contributed by atoms with Crippen LogP contribution in [0.4, 0.5) is 0 Å². The van der Waals surface area contributed by atoms with E-state index in [2.05, 4.69) is 16.4 Å². The van der Waals surface area contributed by atoms with Crippen LogP contribution >= 0.6 is 11.3 Å². The number of benzene rings is 1. The first-order chi connectivity index (χ1) is 15.2. The molecule has 6 nitrogen and oxygen atoms in total. The molecule has 31 heavy (non-hydrogen) atoms. The monoisotopic (exact) mass is 433 g/mol. The highest BCUT2D eigenvalue weighted by atomic mass is 32.1. The number of carbonyl (C=O) groups is 2. The highest BCUT2D eigenvalue weighted by Crippen LogP contribution is 2.49. The van der Waals surface area contributed by atoms with Crippen molar-refractivity contribution in [1.82, 2.24) is 15.2 Å². The Labute approximate surface area is 184 Å². The highest BCUT2D eigenvalue weighted by Gasteiger charge is 2.49. The van der Waals surface area contributed by atoms with E-state index >= 15 is 0 Å². The molecule has 1 saturated heterocycles. The van der Waals surface area contributed by atoms with Gasteiger partial charge in [0.15, 0.2) is 6.10 Å². The van der Waals surface area contributed by atoms with Crippen molar-refractivity contribution < 1.29 is 14.3 Å². The molecule has 1 N–H and O–H groups in total. The largest absolute Gasteiger partial charge is 0.352 e. The standard InChI is InChI=1S/C24H23N3O3S/c28-22(26-16-17-5-3-11-25-15-17)21-18-6-1-2-7-19(18)24(30-21)9-12-27(13-10-24)23(29)20-8-4-14-31-20/h1-8,11,14-15,21H,9-10,12-13,16H2,(H,26,28)/t21-/m1/s1. The lowest BCUT2D eigenvalue weighted by Crippen LogP contribution is -2.45. The molecule has 7 heteroatoms. The number of nitrogens with zero attached hydrogens (tertiary/aromatic N) is 2. The number of pyridine rings is 1. The number of thiophene rings is 1. The Kier molecular flexibility index (Phi) is 5.29. The first-order valence-corrected chi connectivity index (χ1v) is 11.3. The molecule has 1 aromatic carbocycles. The van der Waals surface area contributed by atoms with Gasteiger partial charge in [0.2, 0.25) is 0 Å². The first-order valence-electron chi connectivity index (χ1n) is 10.4. The molecule has 0 aliphatic carbocycles. The summed E-state index contributed by atoms with van der Waals surface area (Å²) in [6, 6.07) is 15.5. The number of ether oxygens (including phenoxy) is 1. The number of hydrogen-bond acceptors (Lipinski definition) is 5. The number of carbonyl (C=O) groups excluding carboxylic acids is 2. The van der Waals surface area contributed by atoms with Crippen LogP contribution in [0, 0.1) is 0 Å². The zero-order chi connectivity index (χ0) is 21.3. The second kappa shape index (κ2) is 8.24. The molecule has 1 atom stereocenters. The van der Waals surface area contributed by atoms with Gasteiger partial charge in [0.05, 0.1) is 10.5 Å². The minimum atomic E-state index is -0.646. The fourth-order valence-corrected chi connectivity index (χ4v) is 5.18. The van der Waals surface area contributed by atoms with E-state index in [0.717, 1.165) is 21.6 Å². The molecule has 158 valence electrons. The number of hydrogen-bond donors (Lipinski definition) is 1. The van der Waals surface area contributed by atoms with Gasteiger partial charge in [0.25, 0.3) is 11.8 Å². The predicted molar refractivity (Wildman–Crippen MR) is 117 cm³/mol. The Hall–Kier alpha value is -3.03. The van der Waals surface area contributed by atoms with Gasteiger partial charge in [0, 0.05) is 32.0 Å². The molecule has 1 spiro atoms. The third-order valence-corrected chi connectivity index (χ3v) is 6.95. The van der Waals surface area contributed by atoms with Crippen molar-refractivity contribution >= 4 is 23.2 Å². The summed E-state index contributed by atoms with van der Waals surface area (Å²) < 4.78 is 6.47. The Balaban J connectivity index is 1.31. The van der Waals surface area contributed by atoms with Crippen LogP contribution in [0.5, 0.6) is 0 Å². The summed E-state index contributed by atoms with van der Waals surface area (Å²) in [5.74, 6) is -0.0767. The predicted octanol–water partition coefficient (Wildman–Crippen LogP) is 3.66. The number of amides is 2. The van der Waals surface area contributed by atoms with Crippen LogP contribution in [-0.2, 0) is 21.7 Å². The number of piperidine rings is 1. The van der Waals surface area contributed by atoms with E-state index in [1.54, 1.807) is 12.4 Å². The average Bonchev–Trinajstić information content (AvgIpc) is 3.46. The molecule has 2 aliphatic rings. The maximum Gasteiger partial charge on any atom is 0.263 e. The third-order valence-electron chi connectivity index (χ3n) is 6.10. The van der Waals surface area contributed by atoms with Gasteiger partial charge in [-0.1, -0.05) is 36.4 Å². The maximum atomic E-state index is 13.0. The van der Waals surface area contributed by atoms with Crippen molar-refractivity contribution in [2.24, 2.45) is 0 Å². The van der Waals surface area contributed by atoms with Gasteiger partial charge in [-0.3, -0.25) is 14.6 Å². The fourth-order valence-electron chi connectivity index (χ4n) is 4.49. The van der Waals surface area contributed by atoms with Gasteiger partial charge in [-0.25, -0.2) is 0 Å². The van der Waals surface area contributed by atoms with Crippen LogP contribution < -0.4 is 5.32 Å². The van der Waals surface area contributed by atoms with Crippen molar-refractivity contribution in [3.63, 3.8) is 0 Å². The number of nitrogens with one attached hydrogen (secondary N) is 1. The van der Waals surface area contributed by atoms with Crippen LogP contribution in [0.25, 0.3) is 0 Å². The fraction of sp³-hybridized carbons (Fsp3) is 0.292. The minimum Gasteiger partial charge on any atom is -0.352 e. The van der Waals surface area contributed by atoms with Crippen LogP contribution in [0.1, 0.15) is 45.3 Å². The lowest BCUT2D eigenvalue weighted by atomic mass is 9.83. The number of likely N-dealkylation sites (tertiary alicyclic amines) is 1. The summed E-state index contributed by atoms with van der Waals surface area (Å²) in [5.41, 5.74) is 2.40. The van der Waals surface area contributed by atoms with E-state index in [1.165, 1.54) is 11.3 Å². The number of rotatable bonds is 4. The van der Waals surface area contributed by atoms with E-state index in [9.17, 15) is 9.59 Å². The molecule has 2 aliphatic heterocycles. The van der Waals surface area contributed by atoms with Crippen molar-refractivity contribution in [1.29, 1.82) is 0 Å². The zero-order valence-electron chi connectivity index (χ0n) is 17.0. The summed E-state index contributed by atoms with van der Waals surface area (Å²) in [4.78, 5) is 32.5. The van der Waals surface area contributed by atoms with Gasteiger partial charge in [-0.2, -0.15) is 0 Å². The zero-order valence-corrected chi connectivity index (χ0v) is 17.8. The molecule has 3 aromatic rings. The number of aromatic nitrogens is 1. The summed E-state index contributed by atoms with van der Waals surface area (Å²) in [6.07, 6.45) is 4.15. The molecular weight excluding hydrogens is 410 g/mol. The molecule has 1 fully saturated rings. The Morgan fingerprint density at radius 2 is 1.97 bits per heavy atom. The molecule has 0 bridgehead atoms. The van der Waals surface area contributed by atoms with Gasteiger partial charge in [0.1, 0.15) is 0 Å². The van der Waals surface area contributed by atoms with E-state index in [-0.39, 0.29) is 11.8 Å². The molecule has 5 rings (SSSR count). The number of fused-ring (bicyclic) bond motifs is 2. The van der Waals surface area contributed by atoms with E-state index in [1.807, 2.05) is 52.7 Å². The highest BCUT2D eigenvalue weighted by molar-refractivity contribution is 7.12. The minimum absolute atomic E-state index is 0.0712. The topological polar surface area (TPSA) is 71.5 Å². The van der Waals surface area contributed by atoms with Gasteiger partial charge in [-0.05, 0) is 47.0 Å². The summed E-state index contributed by atoms with van der Waals surface area (Å²) >= 11 is 1.47. The van der Waals surface area contributed by atoms with Crippen LogP contribution in [0.2, 0.25) is 0 Å². The molecule has 0 saturated carbocycles. The quantitative estimate of drug-likeness (QED) is 0.682. The van der Waals surface area contributed by atoms with E-state index < -0.39 is 11.7 Å².